The Balaban J connectivity index is 1.53. The molecule has 0 atom stereocenters. The smallest absolute Gasteiger partial charge is 0.0554 e. The molecule has 0 bridgehead atoms. The van der Waals surface area contributed by atoms with Gasteiger partial charge in [-0.15, -0.1) is 0 Å². The van der Waals surface area contributed by atoms with Crippen LogP contribution in [0.4, 0.5) is 0 Å². The SMILES string of the molecule is Clc1ccccc1CN1CCN(N=Cc2ccccc2Br)CC1. The van der Waals surface area contributed by atoms with Crippen molar-refractivity contribution in [2.24, 2.45) is 5.10 Å². The Morgan fingerprint density at radius 1 is 1.00 bits per heavy atom. The first kappa shape index (κ1) is 16.5. The Labute approximate surface area is 150 Å². The second-order valence-corrected chi connectivity index (χ2v) is 6.85. The predicted molar refractivity (Wildman–Crippen MR) is 100 cm³/mol. The number of hydrogen-bond donors (Lipinski definition) is 0. The minimum Gasteiger partial charge on any atom is -0.295 e. The van der Waals surface area contributed by atoms with Crippen LogP contribution in [0.3, 0.4) is 0 Å². The van der Waals surface area contributed by atoms with Gasteiger partial charge in [0, 0.05) is 47.8 Å². The molecule has 23 heavy (non-hydrogen) atoms. The zero-order valence-corrected chi connectivity index (χ0v) is 15.2. The summed E-state index contributed by atoms with van der Waals surface area (Å²) in [4.78, 5) is 2.42. The lowest BCUT2D eigenvalue weighted by atomic mass is 10.2. The van der Waals surface area contributed by atoms with Crippen molar-refractivity contribution in [1.29, 1.82) is 0 Å². The Hall–Kier alpha value is -1.36. The van der Waals surface area contributed by atoms with Crippen LogP contribution in [0.2, 0.25) is 5.02 Å². The second-order valence-electron chi connectivity index (χ2n) is 5.59. The van der Waals surface area contributed by atoms with E-state index in [-0.39, 0.29) is 0 Å². The Kier molecular flexibility index (Phi) is 5.70. The number of halogens is 2. The minimum absolute atomic E-state index is 0.849. The van der Waals surface area contributed by atoms with Crippen LogP contribution in [0.15, 0.2) is 58.1 Å². The van der Waals surface area contributed by atoms with E-state index >= 15 is 0 Å². The molecule has 0 spiro atoms. The fourth-order valence-corrected chi connectivity index (χ4v) is 3.18. The number of piperazine rings is 1. The minimum atomic E-state index is 0.849. The van der Waals surface area contributed by atoms with E-state index in [0.29, 0.717) is 0 Å². The van der Waals surface area contributed by atoms with Gasteiger partial charge in [0.15, 0.2) is 0 Å². The topological polar surface area (TPSA) is 18.8 Å². The molecule has 0 radical (unpaired) electrons. The third-order valence-electron chi connectivity index (χ3n) is 3.97. The van der Waals surface area contributed by atoms with E-state index in [9.17, 15) is 0 Å². The molecule has 120 valence electrons. The fraction of sp³-hybridized carbons (Fsp3) is 0.278. The van der Waals surface area contributed by atoms with Gasteiger partial charge in [0.25, 0.3) is 0 Å². The average molecular weight is 393 g/mol. The van der Waals surface area contributed by atoms with Gasteiger partial charge in [-0.2, -0.15) is 5.10 Å². The normalized spacial score (nSPS) is 16.2. The summed E-state index contributed by atoms with van der Waals surface area (Å²) in [6.07, 6.45) is 1.92. The van der Waals surface area contributed by atoms with Gasteiger partial charge in [-0.05, 0) is 17.7 Å². The number of rotatable bonds is 4. The molecule has 0 unspecified atom stereocenters. The lowest BCUT2D eigenvalue weighted by molar-refractivity contribution is 0.131. The molecule has 3 nitrogen and oxygen atoms in total. The maximum absolute atomic E-state index is 6.24. The molecule has 0 saturated carbocycles. The number of hydrogen-bond acceptors (Lipinski definition) is 3. The molecule has 0 aromatic heterocycles. The molecule has 2 aromatic rings. The van der Waals surface area contributed by atoms with E-state index in [1.807, 2.05) is 42.6 Å². The van der Waals surface area contributed by atoms with E-state index in [0.717, 1.165) is 47.8 Å². The van der Waals surface area contributed by atoms with Gasteiger partial charge in [-0.3, -0.25) is 9.91 Å². The third kappa shape index (κ3) is 4.56. The van der Waals surface area contributed by atoms with Crippen molar-refractivity contribution in [3.05, 3.63) is 69.2 Å². The highest BCUT2D eigenvalue weighted by atomic mass is 79.9. The summed E-state index contributed by atoms with van der Waals surface area (Å²) >= 11 is 9.78. The third-order valence-corrected chi connectivity index (χ3v) is 5.06. The van der Waals surface area contributed by atoms with Gasteiger partial charge < -0.3 is 0 Å². The number of nitrogens with zero attached hydrogens (tertiary/aromatic N) is 3. The van der Waals surface area contributed by atoms with Gasteiger partial charge in [-0.25, -0.2) is 0 Å². The summed E-state index contributed by atoms with van der Waals surface area (Å²) in [5.74, 6) is 0. The van der Waals surface area contributed by atoms with Gasteiger partial charge in [-0.1, -0.05) is 63.9 Å². The van der Waals surface area contributed by atoms with Gasteiger partial charge in [0.05, 0.1) is 6.21 Å². The van der Waals surface area contributed by atoms with Crippen molar-refractivity contribution in [2.75, 3.05) is 26.2 Å². The highest BCUT2D eigenvalue weighted by Gasteiger charge is 2.16. The summed E-state index contributed by atoms with van der Waals surface area (Å²) < 4.78 is 1.07. The van der Waals surface area contributed by atoms with E-state index in [1.165, 1.54) is 5.56 Å². The van der Waals surface area contributed by atoms with Crippen LogP contribution < -0.4 is 0 Å². The Bertz CT molecular complexity index is 681. The molecule has 1 heterocycles. The quantitative estimate of drug-likeness (QED) is 0.724. The molecule has 1 saturated heterocycles. The van der Waals surface area contributed by atoms with E-state index < -0.39 is 0 Å². The molecule has 5 heteroatoms. The molecular formula is C18H19BrClN3. The molecule has 1 aliphatic rings. The fourth-order valence-electron chi connectivity index (χ4n) is 2.60. The molecule has 3 rings (SSSR count). The molecule has 0 amide bonds. The van der Waals surface area contributed by atoms with Crippen LogP contribution in [0.5, 0.6) is 0 Å². The number of benzene rings is 2. The van der Waals surface area contributed by atoms with Crippen LogP contribution in [-0.2, 0) is 6.54 Å². The van der Waals surface area contributed by atoms with Crippen LogP contribution in [0.25, 0.3) is 0 Å². The maximum atomic E-state index is 6.24. The summed E-state index contributed by atoms with van der Waals surface area (Å²) in [6, 6.07) is 16.2. The predicted octanol–water partition coefficient (Wildman–Crippen LogP) is 4.25. The van der Waals surface area contributed by atoms with E-state index in [4.69, 9.17) is 11.6 Å². The monoisotopic (exact) mass is 391 g/mol. The van der Waals surface area contributed by atoms with Crippen LogP contribution in [-0.4, -0.2) is 42.3 Å². The van der Waals surface area contributed by atoms with Gasteiger partial charge in [0.1, 0.15) is 0 Å². The summed E-state index contributed by atoms with van der Waals surface area (Å²) in [5.41, 5.74) is 2.30. The highest BCUT2D eigenvalue weighted by molar-refractivity contribution is 9.10. The zero-order valence-electron chi connectivity index (χ0n) is 12.8. The molecule has 2 aromatic carbocycles. The first-order chi connectivity index (χ1) is 11.2. The molecule has 0 aliphatic carbocycles. The van der Waals surface area contributed by atoms with Crippen molar-refractivity contribution in [1.82, 2.24) is 9.91 Å². The first-order valence-corrected chi connectivity index (χ1v) is 8.89. The largest absolute Gasteiger partial charge is 0.295 e. The summed E-state index contributed by atoms with van der Waals surface area (Å²) in [7, 11) is 0. The van der Waals surface area contributed by atoms with Crippen molar-refractivity contribution >= 4 is 33.7 Å². The van der Waals surface area contributed by atoms with E-state index in [1.54, 1.807) is 0 Å². The van der Waals surface area contributed by atoms with Crippen molar-refractivity contribution in [2.45, 2.75) is 6.54 Å². The lowest BCUT2D eigenvalue weighted by Gasteiger charge is -2.33. The standard InChI is InChI=1S/C18H19BrClN3/c19-17-7-3-1-5-15(17)13-21-23-11-9-22(10-12-23)14-16-6-2-4-8-18(16)20/h1-8,13H,9-12,14H2. The van der Waals surface area contributed by atoms with Crippen molar-refractivity contribution in [3.63, 3.8) is 0 Å². The van der Waals surface area contributed by atoms with Gasteiger partial charge in [0.2, 0.25) is 0 Å². The molecular weight excluding hydrogens is 374 g/mol. The second kappa shape index (κ2) is 7.95. The van der Waals surface area contributed by atoms with Crippen molar-refractivity contribution < 1.29 is 0 Å². The molecule has 1 fully saturated rings. The summed E-state index contributed by atoms with van der Waals surface area (Å²) in [6.45, 7) is 4.77. The number of hydrazone groups is 1. The van der Waals surface area contributed by atoms with Crippen LogP contribution >= 0.6 is 27.5 Å². The van der Waals surface area contributed by atoms with Crippen molar-refractivity contribution in [3.8, 4) is 0 Å². The highest BCUT2D eigenvalue weighted by Crippen LogP contribution is 2.18. The molecule has 1 aliphatic heterocycles. The Morgan fingerprint density at radius 3 is 2.43 bits per heavy atom. The average Bonchev–Trinajstić information content (AvgIpc) is 2.57. The zero-order chi connectivity index (χ0) is 16.1. The van der Waals surface area contributed by atoms with Gasteiger partial charge >= 0.3 is 0 Å². The molecule has 0 N–H and O–H groups in total. The van der Waals surface area contributed by atoms with Crippen LogP contribution in [0, 0.1) is 0 Å². The van der Waals surface area contributed by atoms with Crippen LogP contribution in [0.1, 0.15) is 11.1 Å². The first-order valence-electron chi connectivity index (χ1n) is 7.71. The Morgan fingerprint density at radius 2 is 1.70 bits per heavy atom. The maximum Gasteiger partial charge on any atom is 0.0554 e. The van der Waals surface area contributed by atoms with E-state index in [2.05, 4.69) is 43.1 Å². The summed E-state index contributed by atoms with van der Waals surface area (Å²) in [5, 5.41) is 7.58. The lowest BCUT2D eigenvalue weighted by Crippen LogP contribution is -2.43.